The number of methoxy groups -OCH3 is 1. The summed E-state index contributed by atoms with van der Waals surface area (Å²) in [7, 11) is 1.09. The minimum absolute atomic E-state index is 0.251. The molecule has 1 aromatic heterocycles. The summed E-state index contributed by atoms with van der Waals surface area (Å²) >= 11 is 3.07. The summed E-state index contributed by atoms with van der Waals surface area (Å²) in [5.41, 5.74) is 4.94. The van der Waals surface area contributed by atoms with E-state index in [0.29, 0.717) is 5.69 Å². The van der Waals surface area contributed by atoms with Crippen LogP contribution < -0.4 is 5.73 Å². The molecule has 0 saturated heterocycles. The van der Waals surface area contributed by atoms with Crippen LogP contribution in [0.25, 0.3) is 0 Å². The van der Waals surface area contributed by atoms with Gasteiger partial charge in [-0.05, 0) is 6.07 Å². The van der Waals surface area contributed by atoms with E-state index in [9.17, 15) is 13.6 Å². The van der Waals surface area contributed by atoms with Crippen LogP contribution in [0.3, 0.4) is 0 Å². The molecule has 16 heavy (non-hydrogen) atoms. The van der Waals surface area contributed by atoms with Gasteiger partial charge in [0.25, 0.3) is 6.43 Å². The van der Waals surface area contributed by atoms with E-state index in [-0.39, 0.29) is 16.7 Å². The number of anilines is 1. The number of hydrogen-bond acceptors (Lipinski definition) is 4. The summed E-state index contributed by atoms with van der Waals surface area (Å²) in [6.45, 7) is 0. The van der Waals surface area contributed by atoms with Gasteiger partial charge in [0.15, 0.2) is 0 Å². The third-order valence-electron chi connectivity index (χ3n) is 1.89. The zero-order valence-electron chi connectivity index (χ0n) is 8.34. The van der Waals surface area contributed by atoms with E-state index in [0.717, 1.165) is 13.2 Å². The minimum atomic E-state index is -2.81. The van der Waals surface area contributed by atoms with Gasteiger partial charge < -0.3 is 10.5 Å². The molecule has 0 spiro atoms. The number of esters is 1. The van der Waals surface area contributed by atoms with E-state index >= 15 is 0 Å². The first-order valence-corrected chi connectivity index (χ1v) is 5.35. The third kappa shape index (κ3) is 2.46. The Bertz CT molecular complexity index is 413. The SMILES string of the molecule is COC(=O)c1c(C(F)F)cc(CBr)nc1N. The Morgan fingerprint density at radius 1 is 1.69 bits per heavy atom. The minimum Gasteiger partial charge on any atom is -0.465 e. The summed E-state index contributed by atoms with van der Waals surface area (Å²) in [5, 5.41) is 0.276. The van der Waals surface area contributed by atoms with Crippen molar-refractivity contribution in [1.82, 2.24) is 4.98 Å². The normalized spacial score (nSPS) is 10.6. The van der Waals surface area contributed by atoms with Gasteiger partial charge in [0.2, 0.25) is 0 Å². The average molecular weight is 295 g/mol. The Kier molecular flexibility index (Phi) is 4.17. The second-order valence-electron chi connectivity index (χ2n) is 2.89. The summed E-state index contributed by atoms with van der Waals surface area (Å²) in [6.07, 6.45) is -2.81. The highest BCUT2D eigenvalue weighted by Gasteiger charge is 2.23. The average Bonchev–Trinajstić information content (AvgIpc) is 2.26. The van der Waals surface area contributed by atoms with Gasteiger partial charge in [0.1, 0.15) is 11.4 Å². The molecule has 1 rings (SSSR count). The molecule has 0 aliphatic rings. The molecule has 7 heteroatoms. The fourth-order valence-corrected chi connectivity index (χ4v) is 1.49. The van der Waals surface area contributed by atoms with E-state index in [1.54, 1.807) is 0 Å². The fraction of sp³-hybridized carbons (Fsp3) is 0.333. The highest BCUT2D eigenvalue weighted by Crippen LogP contribution is 2.28. The fourth-order valence-electron chi connectivity index (χ4n) is 1.21. The van der Waals surface area contributed by atoms with E-state index in [2.05, 4.69) is 25.7 Å². The zero-order valence-corrected chi connectivity index (χ0v) is 9.92. The first kappa shape index (κ1) is 12.8. The summed E-state index contributed by atoms with van der Waals surface area (Å²) in [6, 6.07) is 1.13. The van der Waals surface area contributed by atoms with Gasteiger partial charge in [-0.2, -0.15) is 0 Å². The largest absolute Gasteiger partial charge is 0.465 e. The van der Waals surface area contributed by atoms with Crippen molar-refractivity contribution in [2.45, 2.75) is 11.8 Å². The Morgan fingerprint density at radius 3 is 2.75 bits per heavy atom. The Morgan fingerprint density at radius 2 is 2.31 bits per heavy atom. The molecule has 0 aromatic carbocycles. The topological polar surface area (TPSA) is 65.2 Å². The van der Waals surface area contributed by atoms with Crippen LogP contribution in [0.15, 0.2) is 6.07 Å². The van der Waals surface area contributed by atoms with Gasteiger partial charge in [-0.3, -0.25) is 0 Å². The van der Waals surface area contributed by atoms with Gasteiger partial charge in [-0.25, -0.2) is 18.6 Å². The Balaban J connectivity index is 3.39. The van der Waals surface area contributed by atoms with Crippen LogP contribution in [-0.4, -0.2) is 18.1 Å². The smallest absolute Gasteiger partial charge is 0.342 e. The Hall–Kier alpha value is -1.24. The standard InChI is InChI=1S/C9H9BrF2N2O2/c1-16-9(15)6-5(7(11)12)2-4(3-10)14-8(6)13/h2,7H,3H2,1H3,(H2,13,14). The highest BCUT2D eigenvalue weighted by molar-refractivity contribution is 9.08. The summed E-state index contributed by atoms with van der Waals surface area (Å²) < 4.78 is 29.8. The summed E-state index contributed by atoms with van der Waals surface area (Å²) in [4.78, 5) is 15.1. The van der Waals surface area contributed by atoms with Crippen LogP contribution in [0.4, 0.5) is 14.6 Å². The molecule has 0 aliphatic heterocycles. The number of pyridine rings is 1. The molecule has 1 aromatic rings. The molecule has 0 atom stereocenters. The molecule has 0 bridgehead atoms. The number of nitrogens with two attached hydrogens (primary N) is 1. The Labute approximate surface area is 98.9 Å². The van der Waals surface area contributed by atoms with Crippen LogP contribution in [0.2, 0.25) is 0 Å². The second-order valence-corrected chi connectivity index (χ2v) is 3.45. The summed E-state index contributed by atoms with van der Waals surface area (Å²) in [5.74, 6) is -1.17. The van der Waals surface area contributed by atoms with Crippen LogP contribution in [0.5, 0.6) is 0 Å². The number of alkyl halides is 3. The van der Waals surface area contributed by atoms with Crippen molar-refractivity contribution in [2.75, 3.05) is 12.8 Å². The van der Waals surface area contributed by atoms with Crippen LogP contribution >= 0.6 is 15.9 Å². The maximum atomic E-state index is 12.7. The van der Waals surface area contributed by atoms with Crippen LogP contribution in [-0.2, 0) is 10.1 Å². The van der Waals surface area contributed by atoms with Crippen molar-refractivity contribution < 1.29 is 18.3 Å². The lowest BCUT2D eigenvalue weighted by Crippen LogP contribution is -2.12. The van der Waals surface area contributed by atoms with Crippen molar-refractivity contribution in [3.8, 4) is 0 Å². The number of nitrogens with zero attached hydrogens (tertiary/aromatic N) is 1. The van der Waals surface area contributed by atoms with Crippen LogP contribution in [0.1, 0.15) is 28.0 Å². The quantitative estimate of drug-likeness (QED) is 0.686. The molecule has 0 unspecified atom stereocenters. The van der Waals surface area contributed by atoms with E-state index in [1.807, 2.05) is 0 Å². The lowest BCUT2D eigenvalue weighted by molar-refractivity contribution is 0.0590. The molecule has 88 valence electrons. The molecule has 0 amide bonds. The predicted octanol–water partition coefficient (Wildman–Crippen LogP) is 2.28. The lowest BCUT2D eigenvalue weighted by Gasteiger charge is -2.10. The van der Waals surface area contributed by atoms with Gasteiger partial charge >= 0.3 is 5.97 Å². The number of aromatic nitrogens is 1. The molecule has 0 fully saturated rings. The molecule has 2 N–H and O–H groups in total. The predicted molar refractivity (Wildman–Crippen MR) is 57.6 cm³/mol. The van der Waals surface area contributed by atoms with Crippen LogP contribution in [0, 0.1) is 0 Å². The monoisotopic (exact) mass is 294 g/mol. The van der Waals surface area contributed by atoms with Gasteiger partial charge in [-0.1, -0.05) is 15.9 Å². The molecular weight excluding hydrogens is 286 g/mol. The van der Waals surface area contributed by atoms with Crippen molar-refractivity contribution >= 4 is 27.7 Å². The molecular formula is C9H9BrF2N2O2. The van der Waals surface area contributed by atoms with Gasteiger partial charge in [-0.15, -0.1) is 0 Å². The molecule has 0 radical (unpaired) electrons. The number of carbonyl (C=O) groups excluding carboxylic acids is 1. The van der Waals surface area contributed by atoms with Gasteiger partial charge in [0, 0.05) is 10.9 Å². The second kappa shape index (κ2) is 5.20. The van der Waals surface area contributed by atoms with Crippen molar-refractivity contribution in [1.29, 1.82) is 0 Å². The number of halogens is 3. The first-order valence-electron chi connectivity index (χ1n) is 4.23. The number of ether oxygens (including phenoxy) is 1. The maximum absolute atomic E-state index is 12.7. The van der Waals surface area contributed by atoms with Gasteiger partial charge in [0.05, 0.1) is 12.8 Å². The molecule has 0 aliphatic carbocycles. The van der Waals surface area contributed by atoms with Crippen molar-refractivity contribution in [2.24, 2.45) is 0 Å². The highest BCUT2D eigenvalue weighted by atomic mass is 79.9. The molecule has 1 heterocycles. The van der Waals surface area contributed by atoms with E-state index in [1.165, 1.54) is 0 Å². The number of rotatable bonds is 3. The third-order valence-corrected chi connectivity index (χ3v) is 2.47. The zero-order chi connectivity index (χ0) is 12.3. The lowest BCUT2D eigenvalue weighted by atomic mass is 10.1. The first-order chi connectivity index (χ1) is 7.51. The van der Waals surface area contributed by atoms with Crippen molar-refractivity contribution in [3.05, 3.63) is 22.9 Å². The molecule has 4 nitrogen and oxygen atoms in total. The van der Waals surface area contributed by atoms with E-state index < -0.39 is 18.0 Å². The van der Waals surface area contributed by atoms with Crippen molar-refractivity contribution in [3.63, 3.8) is 0 Å². The van der Waals surface area contributed by atoms with E-state index in [4.69, 9.17) is 5.73 Å². The maximum Gasteiger partial charge on any atom is 0.342 e. The molecule has 0 saturated carbocycles. The number of hydrogen-bond donors (Lipinski definition) is 1. The number of nitrogen functional groups attached to an aromatic ring is 1. The number of carbonyl (C=O) groups is 1.